The second kappa shape index (κ2) is 12.2. The van der Waals surface area contributed by atoms with Crippen LogP contribution in [-0.4, -0.2) is 58.9 Å². The molecule has 1 fully saturated rings. The number of carbonyl (C=O) groups is 2. The minimum atomic E-state index is -0.767. The van der Waals surface area contributed by atoms with Crippen molar-refractivity contribution in [3.05, 3.63) is 120 Å². The van der Waals surface area contributed by atoms with Crippen LogP contribution in [0.5, 0.6) is 0 Å². The standard InChI is InChI=1S/C34H25F2N9O2/c35-25-7-5-22(6-8-25)31-32(27-9-10-30-40-29(19-45(30)42-27)41-33(46)24-11-14-38-28(36)17-24)44(20-39-31)26-12-15-43(16-13-26)34(47)23-3-1-21(18-37)2-4-23/h1-11,14,17,19-20,26H,12-13,15-16H2,(H,41,46). The number of pyridine rings is 1. The smallest absolute Gasteiger partial charge is 0.257 e. The van der Waals surface area contributed by atoms with E-state index >= 15 is 0 Å². The first-order valence-electron chi connectivity index (χ1n) is 14.8. The fourth-order valence-electron chi connectivity index (χ4n) is 5.73. The van der Waals surface area contributed by atoms with Crippen LogP contribution in [0.2, 0.25) is 0 Å². The fraction of sp³-hybridized carbons (Fsp3) is 0.147. The Morgan fingerprint density at radius 3 is 2.40 bits per heavy atom. The second-order valence-electron chi connectivity index (χ2n) is 11.0. The molecule has 47 heavy (non-hydrogen) atoms. The molecule has 0 bridgehead atoms. The molecule has 5 heterocycles. The number of amides is 2. The minimum Gasteiger partial charge on any atom is -0.338 e. The molecule has 0 atom stereocenters. The number of aromatic nitrogens is 6. The molecule has 0 unspecified atom stereocenters. The molecule has 7 rings (SSSR count). The molecule has 6 aromatic rings. The molecule has 232 valence electrons. The predicted octanol–water partition coefficient (Wildman–Crippen LogP) is 5.53. The van der Waals surface area contributed by atoms with Crippen LogP contribution in [0, 0.1) is 23.1 Å². The normalized spacial score (nSPS) is 13.4. The number of anilines is 1. The summed E-state index contributed by atoms with van der Waals surface area (Å²) in [7, 11) is 0. The number of hydrogen-bond donors (Lipinski definition) is 1. The molecule has 11 nitrogen and oxygen atoms in total. The van der Waals surface area contributed by atoms with Crippen LogP contribution in [0.3, 0.4) is 0 Å². The van der Waals surface area contributed by atoms with Gasteiger partial charge in [0, 0.05) is 48.1 Å². The van der Waals surface area contributed by atoms with E-state index in [0.717, 1.165) is 6.07 Å². The molecule has 0 radical (unpaired) electrons. The van der Waals surface area contributed by atoms with Crippen molar-refractivity contribution in [2.75, 3.05) is 18.4 Å². The van der Waals surface area contributed by atoms with Crippen molar-refractivity contribution < 1.29 is 18.4 Å². The molecule has 1 N–H and O–H groups in total. The molecule has 13 heteroatoms. The van der Waals surface area contributed by atoms with Crippen molar-refractivity contribution in [2.24, 2.45) is 0 Å². The summed E-state index contributed by atoms with van der Waals surface area (Å²) in [6.45, 7) is 1.04. The Balaban J connectivity index is 1.18. The van der Waals surface area contributed by atoms with Crippen LogP contribution in [0.4, 0.5) is 14.6 Å². The van der Waals surface area contributed by atoms with Crippen molar-refractivity contribution >= 4 is 23.3 Å². The highest BCUT2D eigenvalue weighted by Crippen LogP contribution is 2.36. The average Bonchev–Trinajstić information content (AvgIpc) is 3.72. The summed E-state index contributed by atoms with van der Waals surface area (Å²) in [4.78, 5) is 40.3. The lowest BCUT2D eigenvalue weighted by atomic mass is 10.0. The van der Waals surface area contributed by atoms with Gasteiger partial charge in [-0.3, -0.25) is 9.59 Å². The van der Waals surface area contributed by atoms with Gasteiger partial charge in [0.25, 0.3) is 11.8 Å². The van der Waals surface area contributed by atoms with Gasteiger partial charge < -0.3 is 14.8 Å². The van der Waals surface area contributed by atoms with Crippen molar-refractivity contribution in [1.29, 1.82) is 5.26 Å². The SMILES string of the molecule is N#Cc1ccc(C(=O)N2CCC(n3cnc(-c4ccc(F)cc4)c3-c3ccc4nc(NC(=O)c5ccnc(F)c5)cn4n3)CC2)cc1. The number of fused-ring (bicyclic) bond motifs is 1. The van der Waals surface area contributed by atoms with Gasteiger partial charge in [0.15, 0.2) is 11.5 Å². The van der Waals surface area contributed by atoms with Gasteiger partial charge in [-0.05, 0) is 79.6 Å². The van der Waals surface area contributed by atoms with Gasteiger partial charge in [-0.2, -0.15) is 14.8 Å². The Morgan fingerprint density at radius 2 is 1.68 bits per heavy atom. The van der Waals surface area contributed by atoms with Crippen LogP contribution in [0.15, 0.2) is 91.5 Å². The largest absolute Gasteiger partial charge is 0.338 e. The van der Waals surface area contributed by atoms with Gasteiger partial charge in [0.05, 0.1) is 35.5 Å². The van der Waals surface area contributed by atoms with Crippen molar-refractivity contribution in [2.45, 2.75) is 18.9 Å². The van der Waals surface area contributed by atoms with E-state index in [4.69, 9.17) is 15.3 Å². The third kappa shape index (κ3) is 5.91. The predicted molar refractivity (Wildman–Crippen MR) is 167 cm³/mol. The van der Waals surface area contributed by atoms with Gasteiger partial charge in [-0.1, -0.05) is 0 Å². The number of likely N-dealkylation sites (tertiary alicyclic amines) is 1. The number of carbonyl (C=O) groups excluding carboxylic acids is 2. The second-order valence-corrected chi connectivity index (χ2v) is 11.0. The quantitative estimate of drug-likeness (QED) is 0.239. The molecule has 0 saturated carbocycles. The number of piperidine rings is 1. The molecule has 1 aliphatic heterocycles. The Morgan fingerprint density at radius 1 is 0.915 bits per heavy atom. The van der Waals surface area contributed by atoms with Gasteiger partial charge in [0.2, 0.25) is 5.95 Å². The molecular weight excluding hydrogens is 604 g/mol. The average molecular weight is 630 g/mol. The van der Waals surface area contributed by atoms with Crippen molar-refractivity contribution in [3.63, 3.8) is 0 Å². The number of halogens is 2. The van der Waals surface area contributed by atoms with Crippen LogP contribution >= 0.6 is 0 Å². The summed E-state index contributed by atoms with van der Waals surface area (Å²) in [5.41, 5.74) is 4.19. The summed E-state index contributed by atoms with van der Waals surface area (Å²) < 4.78 is 30.9. The Bertz CT molecular complexity index is 2160. The van der Waals surface area contributed by atoms with Gasteiger partial charge in [-0.15, -0.1) is 0 Å². The topological polar surface area (TPSA) is 134 Å². The van der Waals surface area contributed by atoms with Gasteiger partial charge >= 0.3 is 0 Å². The van der Waals surface area contributed by atoms with Gasteiger partial charge in [0.1, 0.15) is 11.5 Å². The lowest BCUT2D eigenvalue weighted by Gasteiger charge is -2.33. The highest BCUT2D eigenvalue weighted by Gasteiger charge is 2.28. The van der Waals surface area contributed by atoms with E-state index in [0.29, 0.717) is 65.4 Å². The van der Waals surface area contributed by atoms with Crippen molar-refractivity contribution in [3.8, 4) is 28.7 Å². The van der Waals surface area contributed by atoms with Crippen LogP contribution in [0.25, 0.3) is 28.3 Å². The number of benzene rings is 2. The van der Waals surface area contributed by atoms with E-state index in [9.17, 15) is 18.4 Å². The van der Waals surface area contributed by atoms with Crippen LogP contribution < -0.4 is 5.32 Å². The maximum absolute atomic E-state index is 13.8. The maximum Gasteiger partial charge on any atom is 0.257 e. The number of nitrogens with one attached hydrogen (secondary N) is 1. The Labute approximate surface area is 266 Å². The van der Waals surface area contributed by atoms with E-state index in [2.05, 4.69) is 21.4 Å². The molecule has 2 aromatic carbocycles. The van der Waals surface area contributed by atoms with Gasteiger partial charge in [-0.25, -0.2) is 23.9 Å². The zero-order valence-electron chi connectivity index (χ0n) is 24.7. The van der Waals surface area contributed by atoms with E-state index < -0.39 is 11.9 Å². The van der Waals surface area contributed by atoms with E-state index in [-0.39, 0.29) is 29.1 Å². The highest BCUT2D eigenvalue weighted by molar-refractivity contribution is 6.03. The first-order valence-corrected chi connectivity index (χ1v) is 14.8. The monoisotopic (exact) mass is 629 g/mol. The summed E-state index contributed by atoms with van der Waals surface area (Å²) >= 11 is 0. The molecule has 1 saturated heterocycles. The lowest BCUT2D eigenvalue weighted by Crippen LogP contribution is -2.39. The molecule has 0 spiro atoms. The van der Waals surface area contributed by atoms with Crippen molar-refractivity contribution in [1.82, 2.24) is 34.0 Å². The first kappa shape index (κ1) is 29.4. The Hall–Kier alpha value is -6.29. The molecular formula is C34H25F2N9O2. The molecule has 4 aromatic heterocycles. The summed E-state index contributed by atoms with van der Waals surface area (Å²) in [6.07, 6.45) is 5.83. The minimum absolute atomic E-state index is 0.00685. The molecule has 2 amide bonds. The summed E-state index contributed by atoms with van der Waals surface area (Å²) in [5, 5.41) is 16.5. The van der Waals surface area contributed by atoms with E-state index in [1.165, 1.54) is 28.9 Å². The number of nitrogens with zero attached hydrogens (tertiary/aromatic N) is 8. The highest BCUT2D eigenvalue weighted by atomic mass is 19.1. The third-order valence-corrected chi connectivity index (χ3v) is 8.11. The molecule has 0 aliphatic carbocycles. The number of imidazole rings is 2. The van der Waals surface area contributed by atoms with E-state index in [1.807, 2.05) is 4.57 Å². The lowest BCUT2D eigenvalue weighted by molar-refractivity contribution is 0.0695. The molecule has 1 aliphatic rings. The number of nitriles is 1. The summed E-state index contributed by atoms with van der Waals surface area (Å²) in [6, 6.07) is 20.7. The summed E-state index contributed by atoms with van der Waals surface area (Å²) in [5.74, 6) is -1.54. The Kier molecular flexibility index (Phi) is 7.67. The fourth-order valence-corrected chi connectivity index (χ4v) is 5.73. The number of rotatable bonds is 6. The number of hydrogen-bond acceptors (Lipinski definition) is 7. The van der Waals surface area contributed by atoms with Crippen LogP contribution in [0.1, 0.15) is 45.2 Å². The van der Waals surface area contributed by atoms with Crippen LogP contribution in [-0.2, 0) is 0 Å². The zero-order valence-corrected chi connectivity index (χ0v) is 24.7. The maximum atomic E-state index is 13.8. The first-order chi connectivity index (χ1) is 22.9. The zero-order chi connectivity index (χ0) is 32.5. The third-order valence-electron chi connectivity index (χ3n) is 8.11. The van der Waals surface area contributed by atoms with E-state index in [1.54, 1.807) is 66.0 Å².